The molecule has 1 N–H and O–H groups in total. The first-order chi connectivity index (χ1) is 12.3. The normalized spacial score (nSPS) is 10.4. The van der Waals surface area contributed by atoms with Crippen LogP contribution >= 0.6 is 0 Å². The van der Waals surface area contributed by atoms with Crippen molar-refractivity contribution >= 4 is 11.6 Å². The van der Waals surface area contributed by atoms with E-state index in [2.05, 4.69) is 22.2 Å². The predicted molar refractivity (Wildman–Crippen MR) is 96.2 cm³/mol. The van der Waals surface area contributed by atoms with Crippen LogP contribution in [0.1, 0.15) is 30.1 Å². The Kier molecular flexibility index (Phi) is 5.41. The van der Waals surface area contributed by atoms with Crippen LogP contribution in [0.5, 0.6) is 5.75 Å². The molecule has 128 valence electrons. The summed E-state index contributed by atoms with van der Waals surface area (Å²) in [6.07, 6.45) is 8.90. The molecule has 3 aromatic rings. The third kappa shape index (κ3) is 4.44. The minimum Gasteiger partial charge on any atom is -0.494 e. The van der Waals surface area contributed by atoms with Gasteiger partial charge in [0, 0.05) is 18.0 Å². The SMILES string of the molecule is CCCCOc1ccc(C(=O)Nc2ccc(-n3ccnc3)nc2)cc1. The molecule has 25 heavy (non-hydrogen) atoms. The molecule has 0 aliphatic heterocycles. The van der Waals surface area contributed by atoms with Gasteiger partial charge in [-0.1, -0.05) is 13.3 Å². The molecule has 0 saturated heterocycles. The number of amides is 1. The molecule has 6 heteroatoms. The largest absolute Gasteiger partial charge is 0.494 e. The van der Waals surface area contributed by atoms with Crippen molar-refractivity contribution in [1.82, 2.24) is 14.5 Å². The van der Waals surface area contributed by atoms with E-state index in [0.29, 0.717) is 17.9 Å². The van der Waals surface area contributed by atoms with Gasteiger partial charge in [0.1, 0.15) is 17.9 Å². The second-order valence-electron chi connectivity index (χ2n) is 5.56. The van der Waals surface area contributed by atoms with Gasteiger partial charge in [-0.2, -0.15) is 0 Å². The lowest BCUT2D eigenvalue weighted by molar-refractivity contribution is 0.102. The van der Waals surface area contributed by atoms with Gasteiger partial charge in [-0.25, -0.2) is 9.97 Å². The molecule has 1 amide bonds. The number of hydrogen-bond donors (Lipinski definition) is 1. The van der Waals surface area contributed by atoms with Crippen molar-refractivity contribution in [3.05, 3.63) is 66.9 Å². The first-order valence-electron chi connectivity index (χ1n) is 8.25. The number of nitrogens with zero attached hydrogens (tertiary/aromatic N) is 3. The molecule has 6 nitrogen and oxygen atoms in total. The second-order valence-corrected chi connectivity index (χ2v) is 5.56. The Morgan fingerprint density at radius 1 is 1.20 bits per heavy atom. The number of benzene rings is 1. The number of pyridine rings is 1. The highest BCUT2D eigenvalue weighted by molar-refractivity contribution is 6.04. The summed E-state index contributed by atoms with van der Waals surface area (Å²) in [7, 11) is 0. The number of carbonyl (C=O) groups excluding carboxylic acids is 1. The Morgan fingerprint density at radius 3 is 2.68 bits per heavy atom. The van der Waals surface area contributed by atoms with E-state index in [1.807, 2.05) is 30.5 Å². The average Bonchev–Trinajstić information content (AvgIpc) is 3.18. The van der Waals surface area contributed by atoms with E-state index in [0.717, 1.165) is 24.4 Å². The molecule has 0 aliphatic carbocycles. The molecule has 0 unspecified atom stereocenters. The monoisotopic (exact) mass is 336 g/mol. The Bertz CT molecular complexity index is 796. The minimum absolute atomic E-state index is 0.183. The van der Waals surface area contributed by atoms with E-state index in [-0.39, 0.29) is 5.91 Å². The minimum atomic E-state index is -0.183. The number of ether oxygens (including phenoxy) is 1. The van der Waals surface area contributed by atoms with Crippen LogP contribution in [0, 0.1) is 0 Å². The standard InChI is InChI=1S/C19H20N4O2/c1-2-3-12-25-17-7-4-15(5-8-17)19(24)22-16-6-9-18(21-13-16)23-11-10-20-14-23/h4-11,13-14H,2-3,12H2,1H3,(H,22,24). The van der Waals surface area contributed by atoms with Crippen molar-refractivity contribution in [1.29, 1.82) is 0 Å². The van der Waals surface area contributed by atoms with Crippen LogP contribution in [0.4, 0.5) is 5.69 Å². The van der Waals surface area contributed by atoms with Crippen molar-refractivity contribution in [2.24, 2.45) is 0 Å². The van der Waals surface area contributed by atoms with E-state index < -0.39 is 0 Å². The molecule has 0 radical (unpaired) electrons. The molecule has 1 aromatic carbocycles. The predicted octanol–water partition coefficient (Wildman–Crippen LogP) is 3.70. The van der Waals surface area contributed by atoms with Crippen molar-refractivity contribution < 1.29 is 9.53 Å². The third-order valence-corrected chi connectivity index (χ3v) is 3.66. The number of aromatic nitrogens is 3. The molecular weight excluding hydrogens is 316 g/mol. The van der Waals surface area contributed by atoms with Crippen LogP contribution in [0.2, 0.25) is 0 Å². The number of rotatable bonds is 7. The molecule has 0 atom stereocenters. The Morgan fingerprint density at radius 2 is 2.04 bits per heavy atom. The molecule has 0 fully saturated rings. The summed E-state index contributed by atoms with van der Waals surface area (Å²) in [5.41, 5.74) is 1.21. The number of nitrogens with one attached hydrogen (secondary N) is 1. The van der Waals surface area contributed by atoms with Gasteiger partial charge >= 0.3 is 0 Å². The molecule has 0 bridgehead atoms. The van der Waals surface area contributed by atoms with Gasteiger partial charge in [-0.05, 0) is 42.8 Å². The smallest absolute Gasteiger partial charge is 0.255 e. The summed E-state index contributed by atoms with van der Waals surface area (Å²) in [4.78, 5) is 20.6. The first-order valence-corrected chi connectivity index (χ1v) is 8.25. The molecule has 0 spiro atoms. The zero-order valence-electron chi connectivity index (χ0n) is 14.1. The lowest BCUT2D eigenvalue weighted by Crippen LogP contribution is -2.12. The summed E-state index contributed by atoms with van der Waals surface area (Å²) in [6.45, 7) is 2.81. The fourth-order valence-electron chi connectivity index (χ4n) is 2.25. The van der Waals surface area contributed by atoms with Crippen molar-refractivity contribution in [3.63, 3.8) is 0 Å². The van der Waals surface area contributed by atoms with E-state index in [4.69, 9.17) is 4.74 Å². The van der Waals surface area contributed by atoms with Crippen LogP contribution in [0.15, 0.2) is 61.3 Å². The lowest BCUT2D eigenvalue weighted by atomic mass is 10.2. The number of carbonyl (C=O) groups is 1. The topological polar surface area (TPSA) is 69.0 Å². The van der Waals surface area contributed by atoms with Crippen LogP contribution in [0.25, 0.3) is 5.82 Å². The maximum Gasteiger partial charge on any atom is 0.255 e. The molecule has 0 saturated carbocycles. The maximum atomic E-state index is 12.3. The third-order valence-electron chi connectivity index (χ3n) is 3.66. The fourth-order valence-corrected chi connectivity index (χ4v) is 2.25. The van der Waals surface area contributed by atoms with Crippen LogP contribution < -0.4 is 10.1 Å². The van der Waals surface area contributed by atoms with Gasteiger partial charge in [0.25, 0.3) is 5.91 Å². The maximum absolute atomic E-state index is 12.3. The number of hydrogen-bond acceptors (Lipinski definition) is 4. The molecule has 2 aromatic heterocycles. The van der Waals surface area contributed by atoms with Gasteiger partial charge in [0.2, 0.25) is 0 Å². The summed E-state index contributed by atoms with van der Waals surface area (Å²) < 4.78 is 7.39. The highest BCUT2D eigenvalue weighted by atomic mass is 16.5. The van der Waals surface area contributed by atoms with E-state index in [1.165, 1.54) is 0 Å². The van der Waals surface area contributed by atoms with Crippen molar-refractivity contribution in [2.75, 3.05) is 11.9 Å². The van der Waals surface area contributed by atoms with Crippen LogP contribution in [-0.4, -0.2) is 27.0 Å². The van der Waals surface area contributed by atoms with Crippen molar-refractivity contribution in [2.45, 2.75) is 19.8 Å². The molecule has 0 aliphatic rings. The van der Waals surface area contributed by atoms with Gasteiger partial charge in [-0.3, -0.25) is 9.36 Å². The summed E-state index contributed by atoms with van der Waals surface area (Å²) >= 11 is 0. The molecule has 3 rings (SSSR count). The highest BCUT2D eigenvalue weighted by Crippen LogP contribution is 2.15. The highest BCUT2D eigenvalue weighted by Gasteiger charge is 2.07. The van der Waals surface area contributed by atoms with Gasteiger partial charge in [-0.15, -0.1) is 0 Å². The Hall–Kier alpha value is -3.15. The Balaban J connectivity index is 1.60. The zero-order chi connectivity index (χ0) is 17.5. The molecule has 2 heterocycles. The Labute approximate surface area is 146 Å². The van der Waals surface area contributed by atoms with E-state index in [9.17, 15) is 4.79 Å². The van der Waals surface area contributed by atoms with Crippen LogP contribution in [0.3, 0.4) is 0 Å². The quantitative estimate of drug-likeness (QED) is 0.668. The van der Waals surface area contributed by atoms with Crippen molar-refractivity contribution in [3.8, 4) is 11.6 Å². The number of anilines is 1. The second kappa shape index (κ2) is 8.10. The van der Waals surface area contributed by atoms with E-state index >= 15 is 0 Å². The zero-order valence-corrected chi connectivity index (χ0v) is 14.1. The number of imidazole rings is 1. The first kappa shape index (κ1) is 16.7. The summed E-state index contributed by atoms with van der Waals surface area (Å²) in [5.74, 6) is 1.33. The molecular formula is C19H20N4O2. The van der Waals surface area contributed by atoms with Crippen LogP contribution in [-0.2, 0) is 0 Å². The summed E-state index contributed by atoms with van der Waals surface area (Å²) in [6, 6.07) is 10.8. The number of unbranched alkanes of at least 4 members (excludes halogenated alkanes) is 1. The van der Waals surface area contributed by atoms with Gasteiger partial charge in [0.05, 0.1) is 18.5 Å². The summed E-state index contributed by atoms with van der Waals surface area (Å²) in [5, 5.41) is 2.84. The van der Waals surface area contributed by atoms with Gasteiger partial charge < -0.3 is 10.1 Å². The van der Waals surface area contributed by atoms with E-state index in [1.54, 1.807) is 35.4 Å². The van der Waals surface area contributed by atoms with Gasteiger partial charge in [0.15, 0.2) is 0 Å². The lowest BCUT2D eigenvalue weighted by Gasteiger charge is -2.08. The average molecular weight is 336 g/mol. The fraction of sp³-hybridized carbons (Fsp3) is 0.211.